The Morgan fingerprint density at radius 3 is 2.44 bits per heavy atom. The molecule has 2 aromatic carbocycles. The van der Waals surface area contributed by atoms with E-state index in [-0.39, 0.29) is 5.78 Å². The summed E-state index contributed by atoms with van der Waals surface area (Å²) in [6, 6.07) is 14.4. The largest absolute Gasteiger partial charge is 0.399 e. The van der Waals surface area contributed by atoms with Gasteiger partial charge in [-0.1, -0.05) is 23.4 Å². The maximum absolute atomic E-state index is 12.3. The maximum atomic E-state index is 12.3. The van der Waals surface area contributed by atoms with Crippen LogP contribution in [0.2, 0.25) is 5.02 Å². The third kappa shape index (κ3) is 4.03. The Labute approximate surface area is 155 Å². The molecule has 5 nitrogen and oxygen atoms in total. The van der Waals surface area contributed by atoms with Gasteiger partial charge >= 0.3 is 0 Å². The van der Waals surface area contributed by atoms with Gasteiger partial charge in [-0.2, -0.15) is 0 Å². The first-order chi connectivity index (χ1) is 12.1. The number of nitrogens with two attached hydrogens (primary N) is 1. The van der Waals surface area contributed by atoms with Crippen molar-refractivity contribution < 1.29 is 4.79 Å². The van der Waals surface area contributed by atoms with Gasteiger partial charge < -0.3 is 10.3 Å². The summed E-state index contributed by atoms with van der Waals surface area (Å²) < 4.78 is 1.99. The van der Waals surface area contributed by atoms with Crippen LogP contribution >= 0.6 is 23.4 Å². The van der Waals surface area contributed by atoms with Crippen molar-refractivity contribution in [3.63, 3.8) is 0 Å². The highest BCUT2D eigenvalue weighted by Crippen LogP contribution is 2.25. The van der Waals surface area contributed by atoms with Crippen molar-refractivity contribution in [2.75, 3.05) is 11.5 Å². The van der Waals surface area contributed by atoms with Gasteiger partial charge in [0.05, 0.1) is 5.75 Å². The Morgan fingerprint density at radius 1 is 1.12 bits per heavy atom. The quantitative estimate of drug-likeness (QED) is 0.399. The number of anilines is 1. The van der Waals surface area contributed by atoms with Crippen molar-refractivity contribution in [2.45, 2.75) is 18.6 Å². The molecule has 25 heavy (non-hydrogen) atoms. The fourth-order valence-electron chi connectivity index (χ4n) is 2.38. The summed E-state index contributed by atoms with van der Waals surface area (Å²) in [5.41, 5.74) is 8.02. The highest BCUT2D eigenvalue weighted by Gasteiger charge is 2.15. The van der Waals surface area contributed by atoms with E-state index in [9.17, 15) is 4.79 Å². The van der Waals surface area contributed by atoms with Crippen LogP contribution in [-0.2, 0) is 6.54 Å². The van der Waals surface area contributed by atoms with Crippen molar-refractivity contribution in [3.8, 4) is 11.4 Å². The molecule has 0 aliphatic heterocycles. The van der Waals surface area contributed by atoms with Crippen LogP contribution in [0, 0.1) is 0 Å². The number of thioether (sulfide) groups is 1. The number of nitrogens with zero attached hydrogens (tertiary/aromatic N) is 3. The van der Waals surface area contributed by atoms with E-state index in [2.05, 4.69) is 10.2 Å². The fourth-order valence-corrected chi connectivity index (χ4v) is 3.40. The van der Waals surface area contributed by atoms with Gasteiger partial charge in [-0.25, -0.2) is 0 Å². The molecule has 7 heteroatoms. The molecular formula is C18H17ClN4OS. The van der Waals surface area contributed by atoms with Crippen LogP contribution in [0.3, 0.4) is 0 Å². The highest BCUT2D eigenvalue weighted by atomic mass is 35.5. The van der Waals surface area contributed by atoms with Crippen LogP contribution in [0.5, 0.6) is 0 Å². The summed E-state index contributed by atoms with van der Waals surface area (Å²) in [5, 5.41) is 9.84. The number of hydrogen-bond donors (Lipinski definition) is 1. The number of carbonyl (C=O) groups excluding carboxylic acids is 1. The van der Waals surface area contributed by atoms with Crippen LogP contribution < -0.4 is 5.73 Å². The fraction of sp³-hybridized carbons (Fsp3) is 0.167. The van der Waals surface area contributed by atoms with Crippen LogP contribution in [0.15, 0.2) is 53.7 Å². The molecule has 0 fully saturated rings. The van der Waals surface area contributed by atoms with E-state index in [0.717, 1.165) is 16.5 Å². The average molecular weight is 373 g/mol. The van der Waals surface area contributed by atoms with Crippen LogP contribution in [-0.4, -0.2) is 26.3 Å². The number of benzene rings is 2. The molecule has 0 saturated heterocycles. The SMILES string of the molecule is CCn1c(SCC(=O)c2ccc(Cl)cc2)nnc1-c1ccc(N)cc1. The van der Waals surface area contributed by atoms with Gasteiger partial charge in [0.15, 0.2) is 16.8 Å². The van der Waals surface area contributed by atoms with Gasteiger partial charge in [-0.3, -0.25) is 4.79 Å². The third-order valence-corrected chi connectivity index (χ3v) is 4.92. The van der Waals surface area contributed by atoms with Crippen molar-refractivity contribution in [3.05, 3.63) is 59.1 Å². The average Bonchev–Trinajstić information content (AvgIpc) is 3.04. The molecule has 0 atom stereocenters. The van der Waals surface area contributed by atoms with Crippen molar-refractivity contribution in [1.29, 1.82) is 0 Å². The minimum atomic E-state index is 0.0290. The standard InChI is InChI=1S/C18H17ClN4OS/c1-2-23-17(13-5-9-15(20)10-6-13)21-22-18(23)25-11-16(24)12-3-7-14(19)8-4-12/h3-10H,2,11,20H2,1H3. The van der Waals surface area contributed by atoms with Gasteiger partial charge in [-0.15, -0.1) is 10.2 Å². The van der Waals surface area contributed by atoms with Crippen LogP contribution in [0.25, 0.3) is 11.4 Å². The molecule has 0 aliphatic carbocycles. The lowest BCUT2D eigenvalue weighted by Crippen LogP contribution is -2.05. The number of Topliss-reactive ketones (excluding diaryl/α,β-unsaturated/α-hetero) is 1. The van der Waals surface area contributed by atoms with Crippen molar-refractivity contribution in [1.82, 2.24) is 14.8 Å². The molecule has 128 valence electrons. The lowest BCUT2D eigenvalue weighted by atomic mass is 10.1. The third-order valence-electron chi connectivity index (χ3n) is 3.70. The van der Waals surface area contributed by atoms with E-state index in [0.29, 0.717) is 28.6 Å². The molecule has 3 rings (SSSR count). The highest BCUT2D eigenvalue weighted by molar-refractivity contribution is 7.99. The Morgan fingerprint density at radius 2 is 1.80 bits per heavy atom. The monoisotopic (exact) mass is 372 g/mol. The zero-order valence-electron chi connectivity index (χ0n) is 13.6. The lowest BCUT2D eigenvalue weighted by molar-refractivity contribution is 0.102. The van der Waals surface area contributed by atoms with Crippen molar-refractivity contribution in [2.24, 2.45) is 0 Å². The Kier molecular flexibility index (Phi) is 5.40. The topological polar surface area (TPSA) is 73.8 Å². The second-order valence-corrected chi connectivity index (χ2v) is 6.77. The van der Waals surface area contributed by atoms with E-state index in [1.165, 1.54) is 11.8 Å². The summed E-state index contributed by atoms with van der Waals surface area (Å²) in [4.78, 5) is 12.3. The first-order valence-corrected chi connectivity index (χ1v) is 9.15. The maximum Gasteiger partial charge on any atom is 0.191 e. The Bertz CT molecular complexity index is 875. The molecular weight excluding hydrogens is 356 g/mol. The van der Waals surface area contributed by atoms with Crippen molar-refractivity contribution >= 4 is 34.8 Å². The smallest absolute Gasteiger partial charge is 0.191 e. The molecule has 2 N–H and O–H groups in total. The zero-order chi connectivity index (χ0) is 17.8. The summed E-state index contributed by atoms with van der Waals surface area (Å²) in [7, 11) is 0. The predicted octanol–water partition coefficient (Wildman–Crippen LogP) is 4.18. The van der Waals surface area contributed by atoms with E-state index in [1.54, 1.807) is 24.3 Å². The number of carbonyl (C=O) groups is 1. The first-order valence-electron chi connectivity index (χ1n) is 7.79. The van der Waals surface area contributed by atoms with Gasteiger partial charge in [0.2, 0.25) is 0 Å². The number of aromatic nitrogens is 3. The minimum Gasteiger partial charge on any atom is -0.399 e. The van der Waals surface area contributed by atoms with Gasteiger partial charge in [-0.05, 0) is 55.5 Å². The molecule has 1 heterocycles. The molecule has 1 aromatic heterocycles. The van der Waals surface area contributed by atoms with E-state index in [4.69, 9.17) is 17.3 Å². The number of ketones is 1. The number of hydrogen-bond acceptors (Lipinski definition) is 5. The zero-order valence-corrected chi connectivity index (χ0v) is 15.2. The normalized spacial score (nSPS) is 10.8. The van der Waals surface area contributed by atoms with Gasteiger partial charge in [0.25, 0.3) is 0 Å². The first kappa shape index (κ1) is 17.5. The molecule has 3 aromatic rings. The van der Waals surface area contributed by atoms with Gasteiger partial charge in [0.1, 0.15) is 0 Å². The summed E-state index contributed by atoms with van der Waals surface area (Å²) >= 11 is 7.23. The summed E-state index contributed by atoms with van der Waals surface area (Å²) in [6.07, 6.45) is 0. The number of rotatable bonds is 6. The lowest BCUT2D eigenvalue weighted by Gasteiger charge is -2.07. The van der Waals surface area contributed by atoms with E-state index >= 15 is 0 Å². The molecule has 0 spiro atoms. The minimum absolute atomic E-state index is 0.0290. The molecule has 0 saturated carbocycles. The molecule has 0 bridgehead atoms. The molecule has 0 aliphatic rings. The second kappa shape index (κ2) is 7.72. The van der Waals surface area contributed by atoms with E-state index < -0.39 is 0 Å². The predicted molar refractivity (Wildman–Crippen MR) is 102 cm³/mol. The summed E-state index contributed by atoms with van der Waals surface area (Å²) in [5.74, 6) is 1.09. The van der Waals surface area contributed by atoms with Gasteiger partial charge in [0, 0.05) is 28.4 Å². The molecule has 0 amide bonds. The molecule has 0 unspecified atom stereocenters. The number of halogens is 1. The Balaban J connectivity index is 1.76. The Hall–Kier alpha value is -2.31. The number of nitrogen functional groups attached to an aromatic ring is 1. The molecule has 0 radical (unpaired) electrons. The van der Waals surface area contributed by atoms with Crippen LogP contribution in [0.4, 0.5) is 5.69 Å². The van der Waals surface area contributed by atoms with E-state index in [1.807, 2.05) is 35.8 Å². The summed E-state index contributed by atoms with van der Waals surface area (Å²) in [6.45, 7) is 2.74. The van der Waals surface area contributed by atoms with Crippen LogP contribution in [0.1, 0.15) is 17.3 Å². The second-order valence-electron chi connectivity index (χ2n) is 5.39.